The van der Waals surface area contributed by atoms with Gasteiger partial charge in [0.15, 0.2) is 0 Å². The van der Waals surface area contributed by atoms with Gasteiger partial charge in [-0.3, -0.25) is 0 Å². The standard InChI is InChI=1S/C19H15ClN2O4S2/c1-3-11-22-16-10-5-13(18(23)26-4-2)12-17(16)27-19(22)21-28(24,25)15-8-6-14(20)7-9-15/h1,5-10,12H,4,11H2,2H3/b21-19-. The van der Waals surface area contributed by atoms with Crippen LogP contribution >= 0.6 is 22.9 Å². The number of aromatic nitrogens is 1. The van der Waals surface area contributed by atoms with E-state index in [2.05, 4.69) is 10.3 Å². The second kappa shape index (κ2) is 8.19. The fourth-order valence-electron chi connectivity index (χ4n) is 2.49. The molecule has 0 unspecified atom stereocenters. The van der Waals surface area contributed by atoms with Gasteiger partial charge in [0.2, 0.25) is 4.80 Å². The maximum atomic E-state index is 12.7. The number of fused-ring (bicyclic) bond motifs is 1. The number of rotatable bonds is 5. The number of nitrogens with zero attached hydrogens (tertiary/aromatic N) is 2. The predicted molar refractivity (Wildman–Crippen MR) is 109 cm³/mol. The number of benzene rings is 2. The zero-order chi connectivity index (χ0) is 20.3. The lowest BCUT2D eigenvalue weighted by Crippen LogP contribution is -2.16. The smallest absolute Gasteiger partial charge is 0.338 e. The minimum absolute atomic E-state index is 0.0221. The molecule has 144 valence electrons. The summed E-state index contributed by atoms with van der Waals surface area (Å²) in [7, 11) is -3.96. The first kappa shape index (κ1) is 20.1. The highest BCUT2D eigenvalue weighted by Gasteiger charge is 2.16. The van der Waals surface area contributed by atoms with E-state index in [9.17, 15) is 13.2 Å². The van der Waals surface area contributed by atoms with Crippen LogP contribution in [0.3, 0.4) is 0 Å². The third-order valence-corrected chi connectivity index (χ3v) is 6.44. The average molecular weight is 435 g/mol. The minimum atomic E-state index is -3.96. The Bertz CT molecular complexity index is 1250. The van der Waals surface area contributed by atoms with E-state index in [1.54, 1.807) is 29.7 Å². The zero-order valence-corrected chi connectivity index (χ0v) is 17.1. The molecule has 3 aromatic rings. The summed E-state index contributed by atoms with van der Waals surface area (Å²) < 4.78 is 36.6. The first-order valence-corrected chi connectivity index (χ1v) is 10.8. The molecule has 0 aliphatic rings. The van der Waals surface area contributed by atoms with Gasteiger partial charge in [-0.15, -0.1) is 10.8 Å². The first-order chi connectivity index (χ1) is 13.4. The molecular formula is C19H15ClN2O4S2. The molecule has 2 aromatic carbocycles. The molecule has 0 bridgehead atoms. The summed E-state index contributed by atoms with van der Waals surface area (Å²) in [6.45, 7) is 2.12. The van der Waals surface area contributed by atoms with Crippen LogP contribution in [0.15, 0.2) is 51.8 Å². The molecular weight excluding hydrogens is 420 g/mol. The molecule has 6 nitrogen and oxygen atoms in total. The van der Waals surface area contributed by atoms with Crippen LogP contribution in [0.1, 0.15) is 17.3 Å². The molecule has 0 saturated heterocycles. The molecule has 0 fully saturated rings. The fourth-order valence-corrected chi connectivity index (χ4v) is 4.89. The number of hydrogen-bond donors (Lipinski definition) is 0. The third-order valence-electron chi connectivity index (χ3n) is 3.75. The molecule has 0 spiro atoms. The van der Waals surface area contributed by atoms with Crippen molar-refractivity contribution in [3.05, 3.63) is 57.9 Å². The molecule has 0 aliphatic carbocycles. The number of carbonyl (C=O) groups excluding carboxylic acids is 1. The van der Waals surface area contributed by atoms with Crippen molar-refractivity contribution in [2.24, 2.45) is 4.40 Å². The number of halogens is 1. The van der Waals surface area contributed by atoms with E-state index in [1.807, 2.05) is 0 Å². The van der Waals surface area contributed by atoms with Crippen molar-refractivity contribution in [3.8, 4) is 12.3 Å². The molecule has 9 heteroatoms. The normalized spacial score (nSPS) is 12.1. The summed E-state index contributed by atoms with van der Waals surface area (Å²) in [4.78, 5) is 12.2. The highest BCUT2D eigenvalue weighted by atomic mass is 35.5. The molecule has 0 amide bonds. The SMILES string of the molecule is C#CCn1/c(=N/S(=O)(=O)c2ccc(Cl)cc2)sc2cc(C(=O)OCC)ccc21. The zero-order valence-electron chi connectivity index (χ0n) is 14.8. The van der Waals surface area contributed by atoms with Crippen LogP contribution < -0.4 is 4.80 Å². The molecule has 3 rings (SSSR count). The van der Waals surface area contributed by atoms with E-state index in [-0.39, 0.29) is 22.8 Å². The van der Waals surface area contributed by atoms with Crippen LogP contribution in [-0.4, -0.2) is 25.6 Å². The van der Waals surface area contributed by atoms with E-state index in [1.165, 1.54) is 24.3 Å². The summed E-state index contributed by atoms with van der Waals surface area (Å²) in [5.41, 5.74) is 1.05. The molecule has 0 radical (unpaired) electrons. The van der Waals surface area contributed by atoms with Crippen molar-refractivity contribution in [2.45, 2.75) is 18.4 Å². The van der Waals surface area contributed by atoms with E-state index in [0.717, 1.165) is 11.3 Å². The van der Waals surface area contributed by atoms with E-state index in [0.29, 0.717) is 20.8 Å². The van der Waals surface area contributed by atoms with Crippen LogP contribution in [0.4, 0.5) is 0 Å². The predicted octanol–water partition coefficient (Wildman–Crippen LogP) is 3.46. The lowest BCUT2D eigenvalue weighted by Gasteiger charge is -2.03. The molecule has 0 saturated carbocycles. The van der Waals surface area contributed by atoms with Crippen molar-refractivity contribution in [3.63, 3.8) is 0 Å². The van der Waals surface area contributed by atoms with Crippen LogP contribution in [-0.2, 0) is 21.3 Å². The number of thiazole rings is 1. The molecule has 1 heterocycles. The van der Waals surface area contributed by atoms with Gasteiger partial charge >= 0.3 is 5.97 Å². The van der Waals surface area contributed by atoms with Gasteiger partial charge in [-0.2, -0.15) is 8.42 Å². The van der Waals surface area contributed by atoms with Crippen molar-refractivity contribution in [2.75, 3.05) is 6.61 Å². The lowest BCUT2D eigenvalue weighted by atomic mass is 10.2. The molecule has 0 N–H and O–H groups in total. The van der Waals surface area contributed by atoms with Gasteiger partial charge in [0.05, 0.1) is 33.8 Å². The second-order valence-corrected chi connectivity index (χ2v) is 8.65. The monoisotopic (exact) mass is 434 g/mol. The Morgan fingerprint density at radius 1 is 1.29 bits per heavy atom. The van der Waals surface area contributed by atoms with Crippen molar-refractivity contribution in [1.29, 1.82) is 0 Å². The largest absolute Gasteiger partial charge is 0.462 e. The maximum Gasteiger partial charge on any atom is 0.338 e. The summed E-state index contributed by atoms with van der Waals surface area (Å²) in [6.07, 6.45) is 5.44. The van der Waals surface area contributed by atoms with Gasteiger partial charge in [0.25, 0.3) is 10.0 Å². The van der Waals surface area contributed by atoms with Crippen LogP contribution in [0, 0.1) is 12.3 Å². The fraction of sp³-hybridized carbons (Fsp3) is 0.158. The summed E-state index contributed by atoms with van der Waals surface area (Å²) >= 11 is 6.94. The number of esters is 1. The number of carbonyl (C=O) groups is 1. The second-order valence-electron chi connectivity index (χ2n) is 5.60. The van der Waals surface area contributed by atoms with Gasteiger partial charge in [0, 0.05) is 5.02 Å². The van der Waals surface area contributed by atoms with Crippen molar-refractivity contribution >= 4 is 49.1 Å². The van der Waals surface area contributed by atoms with Gasteiger partial charge in [-0.25, -0.2) is 4.79 Å². The van der Waals surface area contributed by atoms with E-state index in [4.69, 9.17) is 22.8 Å². The Hall–Kier alpha value is -2.60. The summed E-state index contributed by atoms with van der Waals surface area (Å²) in [6, 6.07) is 10.7. The first-order valence-electron chi connectivity index (χ1n) is 8.16. The van der Waals surface area contributed by atoms with E-state index < -0.39 is 16.0 Å². The summed E-state index contributed by atoms with van der Waals surface area (Å²) in [5, 5.41) is 0.426. The Balaban J connectivity index is 2.17. The Kier molecular flexibility index (Phi) is 5.89. The Morgan fingerprint density at radius 3 is 2.64 bits per heavy atom. The van der Waals surface area contributed by atoms with Crippen LogP contribution in [0.25, 0.3) is 10.2 Å². The molecule has 1 aromatic heterocycles. The minimum Gasteiger partial charge on any atom is -0.462 e. The lowest BCUT2D eigenvalue weighted by molar-refractivity contribution is 0.0526. The third kappa shape index (κ3) is 4.12. The summed E-state index contributed by atoms with van der Waals surface area (Å²) in [5.74, 6) is 2.05. The van der Waals surface area contributed by atoms with Crippen LogP contribution in [0.2, 0.25) is 5.02 Å². The van der Waals surface area contributed by atoms with Gasteiger partial charge in [0.1, 0.15) is 0 Å². The molecule has 28 heavy (non-hydrogen) atoms. The maximum absolute atomic E-state index is 12.7. The molecule has 0 atom stereocenters. The number of hydrogen-bond acceptors (Lipinski definition) is 5. The Labute approximate surface area is 171 Å². The topological polar surface area (TPSA) is 77.7 Å². The number of terminal acetylenes is 1. The van der Waals surface area contributed by atoms with Gasteiger partial charge in [-0.05, 0) is 49.4 Å². The van der Waals surface area contributed by atoms with Crippen molar-refractivity contribution in [1.82, 2.24) is 4.57 Å². The van der Waals surface area contributed by atoms with Gasteiger partial charge < -0.3 is 9.30 Å². The van der Waals surface area contributed by atoms with Crippen molar-refractivity contribution < 1.29 is 17.9 Å². The van der Waals surface area contributed by atoms with Gasteiger partial charge in [-0.1, -0.05) is 28.9 Å². The highest BCUT2D eigenvalue weighted by molar-refractivity contribution is 7.90. The van der Waals surface area contributed by atoms with Crippen LogP contribution in [0.5, 0.6) is 0 Å². The highest BCUT2D eigenvalue weighted by Crippen LogP contribution is 2.21. The number of sulfonamides is 1. The quantitative estimate of drug-likeness (QED) is 0.455. The number of ether oxygens (including phenoxy) is 1. The van der Waals surface area contributed by atoms with E-state index >= 15 is 0 Å². The molecule has 0 aliphatic heterocycles. The average Bonchev–Trinajstić information content (AvgIpc) is 2.98. The Morgan fingerprint density at radius 2 is 2.00 bits per heavy atom.